The highest BCUT2D eigenvalue weighted by molar-refractivity contribution is 6.21. The van der Waals surface area contributed by atoms with Crippen molar-refractivity contribution in [2.75, 3.05) is 46.8 Å². The van der Waals surface area contributed by atoms with Gasteiger partial charge in [-0.2, -0.15) is 0 Å². The number of benzene rings is 1. The average molecular weight is 471 g/mol. The van der Waals surface area contributed by atoms with E-state index in [1.165, 1.54) is 4.90 Å². The maximum absolute atomic E-state index is 12.7. The maximum atomic E-state index is 12.7. The van der Waals surface area contributed by atoms with Crippen LogP contribution in [0.4, 0.5) is 0 Å². The molecule has 0 radical (unpaired) electrons. The molecule has 1 aromatic carbocycles. The lowest BCUT2D eigenvalue weighted by Crippen LogP contribution is -2.46. The summed E-state index contributed by atoms with van der Waals surface area (Å²) in [5.74, 6) is -0.552. The van der Waals surface area contributed by atoms with Crippen LogP contribution >= 0.6 is 0 Å². The zero-order chi connectivity index (χ0) is 25.0. The molecule has 8 heteroatoms. The largest absolute Gasteiger partial charge is 0.355 e. The van der Waals surface area contributed by atoms with Crippen LogP contribution in [0.3, 0.4) is 0 Å². The third-order valence-corrected chi connectivity index (χ3v) is 6.60. The van der Waals surface area contributed by atoms with Gasteiger partial charge >= 0.3 is 0 Å². The number of carbonyl (C=O) groups is 4. The zero-order valence-electron chi connectivity index (χ0n) is 21.1. The quantitative estimate of drug-likeness (QED) is 0.560. The summed E-state index contributed by atoms with van der Waals surface area (Å²) in [7, 11) is 4.05. The number of imide groups is 1. The van der Waals surface area contributed by atoms with Crippen molar-refractivity contribution in [2.45, 2.75) is 46.5 Å². The minimum atomic E-state index is -0.284. The molecule has 0 atom stereocenters. The van der Waals surface area contributed by atoms with Crippen molar-refractivity contribution in [3.8, 4) is 0 Å². The first-order valence-corrected chi connectivity index (χ1v) is 12.2. The van der Waals surface area contributed by atoms with Crippen LogP contribution in [0.2, 0.25) is 0 Å². The molecule has 2 aliphatic heterocycles. The SMILES string of the molecule is Cc1ccc2c(c1)C(=O)N(CCCC(=O)N1CCC(C(=O)NCC(C)(C)CN(C)C)CC1)C2=O. The number of fused-ring (bicyclic) bond motifs is 1. The molecule has 1 N–H and O–H groups in total. The lowest BCUT2D eigenvalue weighted by atomic mass is 9.91. The highest BCUT2D eigenvalue weighted by atomic mass is 16.2. The fraction of sp³-hybridized carbons (Fsp3) is 0.615. The minimum absolute atomic E-state index is 0.00582. The first kappa shape index (κ1) is 25.9. The summed E-state index contributed by atoms with van der Waals surface area (Å²) in [6.45, 7) is 9.03. The van der Waals surface area contributed by atoms with Gasteiger partial charge in [-0.3, -0.25) is 24.1 Å². The van der Waals surface area contributed by atoms with Crippen molar-refractivity contribution in [2.24, 2.45) is 11.3 Å². The number of hydrogen-bond acceptors (Lipinski definition) is 5. The van der Waals surface area contributed by atoms with Gasteiger partial charge in [0.25, 0.3) is 11.8 Å². The number of carbonyl (C=O) groups excluding carboxylic acids is 4. The molecule has 4 amide bonds. The monoisotopic (exact) mass is 470 g/mol. The molecule has 0 saturated carbocycles. The molecular weight excluding hydrogens is 432 g/mol. The van der Waals surface area contributed by atoms with E-state index in [0.29, 0.717) is 50.0 Å². The van der Waals surface area contributed by atoms with E-state index in [4.69, 9.17) is 0 Å². The van der Waals surface area contributed by atoms with Crippen molar-refractivity contribution < 1.29 is 19.2 Å². The number of aryl methyl sites for hydroxylation is 1. The van der Waals surface area contributed by atoms with Gasteiger partial charge in [0.15, 0.2) is 0 Å². The van der Waals surface area contributed by atoms with Gasteiger partial charge in [0.05, 0.1) is 11.1 Å². The number of nitrogens with one attached hydrogen (secondary N) is 1. The molecule has 3 rings (SSSR count). The van der Waals surface area contributed by atoms with E-state index in [1.54, 1.807) is 17.0 Å². The van der Waals surface area contributed by atoms with Crippen LogP contribution in [0.1, 0.15) is 65.8 Å². The summed E-state index contributed by atoms with van der Waals surface area (Å²) in [6, 6.07) is 5.26. The summed E-state index contributed by atoms with van der Waals surface area (Å²) in [5, 5.41) is 3.09. The van der Waals surface area contributed by atoms with Gasteiger partial charge in [-0.15, -0.1) is 0 Å². The summed E-state index contributed by atoms with van der Waals surface area (Å²) in [6.07, 6.45) is 2.03. The van der Waals surface area contributed by atoms with Crippen LogP contribution in [-0.2, 0) is 9.59 Å². The molecule has 2 heterocycles. The van der Waals surface area contributed by atoms with E-state index in [-0.39, 0.29) is 47.9 Å². The predicted octanol–water partition coefficient (Wildman–Crippen LogP) is 2.31. The number of piperidine rings is 1. The van der Waals surface area contributed by atoms with Crippen LogP contribution in [0, 0.1) is 18.3 Å². The van der Waals surface area contributed by atoms with Gasteiger partial charge < -0.3 is 15.1 Å². The molecule has 186 valence electrons. The average Bonchev–Trinajstić information content (AvgIpc) is 3.00. The van der Waals surface area contributed by atoms with Crippen LogP contribution in [0.15, 0.2) is 18.2 Å². The summed E-state index contributed by atoms with van der Waals surface area (Å²) < 4.78 is 0. The number of nitrogens with zero attached hydrogens (tertiary/aromatic N) is 3. The van der Waals surface area contributed by atoms with Crippen molar-refractivity contribution in [1.82, 2.24) is 20.0 Å². The highest BCUT2D eigenvalue weighted by Gasteiger charge is 2.35. The Bertz CT molecular complexity index is 948. The van der Waals surface area contributed by atoms with Crippen LogP contribution in [0.5, 0.6) is 0 Å². The van der Waals surface area contributed by atoms with Gasteiger partial charge in [-0.05, 0) is 57.8 Å². The Morgan fingerprint density at radius 3 is 2.38 bits per heavy atom. The van der Waals surface area contributed by atoms with Gasteiger partial charge in [0.2, 0.25) is 11.8 Å². The molecule has 34 heavy (non-hydrogen) atoms. The van der Waals surface area contributed by atoms with E-state index in [1.807, 2.05) is 27.1 Å². The first-order valence-electron chi connectivity index (χ1n) is 12.2. The number of amides is 4. The molecule has 1 fully saturated rings. The van der Waals surface area contributed by atoms with Crippen molar-refractivity contribution in [3.63, 3.8) is 0 Å². The van der Waals surface area contributed by atoms with Crippen LogP contribution in [-0.4, -0.2) is 85.1 Å². The molecule has 2 aliphatic rings. The second-order valence-corrected chi connectivity index (χ2v) is 10.7. The maximum Gasteiger partial charge on any atom is 0.261 e. The molecule has 0 spiro atoms. The van der Waals surface area contributed by atoms with Crippen molar-refractivity contribution in [1.29, 1.82) is 0 Å². The van der Waals surface area contributed by atoms with Crippen LogP contribution < -0.4 is 5.32 Å². The molecular formula is C26H38N4O4. The Labute approximate surface area is 202 Å². The standard InChI is InChI=1S/C26H38N4O4/c1-18-8-9-20-21(15-18)25(34)30(24(20)33)12-6-7-22(31)29-13-10-19(11-14-29)23(32)27-16-26(2,3)17-28(4)5/h8-9,15,19H,6-7,10-14,16-17H2,1-5H3,(H,27,32). The molecule has 1 aromatic rings. The van der Waals surface area contributed by atoms with Gasteiger partial charge in [-0.1, -0.05) is 25.5 Å². The fourth-order valence-electron chi connectivity index (χ4n) is 4.93. The van der Waals surface area contributed by atoms with Crippen LogP contribution in [0.25, 0.3) is 0 Å². The number of rotatable bonds is 9. The molecule has 0 bridgehead atoms. The Balaban J connectivity index is 1.39. The molecule has 1 saturated heterocycles. The number of likely N-dealkylation sites (tertiary alicyclic amines) is 1. The van der Waals surface area contributed by atoms with Gasteiger partial charge in [0.1, 0.15) is 0 Å². The predicted molar refractivity (Wildman–Crippen MR) is 130 cm³/mol. The molecule has 0 aliphatic carbocycles. The normalized spacial score (nSPS) is 16.9. The van der Waals surface area contributed by atoms with Crippen molar-refractivity contribution in [3.05, 3.63) is 34.9 Å². The molecule has 8 nitrogen and oxygen atoms in total. The fourth-order valence-corrected chi connectivity index (χ4v) is 4.93. The summed E-state index contributed by atoms with van der Waals surface area (Å²) >= 11 is 0. The summed E-state index contributed by atoms with van der Waals surface area (Å²) in [5.41, 5.74) is 1.81. The smallest absolute Gasteiger partial charge is 0.261 e. The second kappa shape index (κ2) is 10.7. The Morgan fingerprint density at radius 2 is 1.74 bits per heavy atom. The van der Waals surface area contributed by atoms with E-state index < -0.39 is 0 Å². The third kappa shape index (κ3) is 6.23. The molecule has 0 unspecified atom stereocenters. The Hall–Kier alpha value is -2.74. The first-order chi connectivity index (χ1) is 16.0. The number of hydrogen-bond donors (Lipinski definition) is 1. The Kier molecular flexibility index (Phi) is 8.13. The zero-order valence-corrected chi connectivity index (χ0v) is 21.1. The second-order valence-electron chi connectivity index (χ2n) is 10.7. The van der Waals surface area contributed by atoms with E-state index in [0.717, 1.165) is 12.1 Å². The van der Waals surface area contributed by atoms with E-state index >= 15 is 0 Å². The summed E-state index contributed by atoms with van der Waals surface area (Å²) in [4.78, 5) is 55.5. The Morgan fingerprint density at radius 1 is 1.09 bits per heavy atom. The highest BCUT2D eigenvalue weighted by Crippen LogP contribution is 2.25. The molecule has 0 aromatic heterocycles. The van der Waals surface area contributed by atoms with E-state index in [2.05, 4.69) is 24.1 Å². The lowest BCUT2D eigenvalue weighted by molar-refractivity contribution is -0.135. The lowest BCUT2D eigenvalue weighted by Gasteiger charge is -2.33. The topological polar surface area (TPSA) is 90.0 Å². The van der Waals surface area contributed by atoms with Gasteiger partial charge in [0, 0.05) is 45.1 Å². The van der Waals surface area contributed by atoms with E-state index in [9.17, 15) is 19.2 Å². The third-order valence-electron chi connectivity index (χ3n) is 6.60. The minimum Gasteiger partial charge on any atom is -0.355 e. The van der Waals surface area contributed by atoms with Crippen molar-refractivity contribution >= 4 is 23.6 Å². The van der Waals surface area contributed by atoms with Gasteiger partial charge in [-0.25, -0.2) is 0 Å².